The minimum atomic E-state index is -0.137. The van der Waals surface area contributed by atoms with E-state index < -0.39 is 0 Å². The zero-order valence-corrected chi connectivity index (χ0v) is 12.3. The molecule has 1 aromatic carbocycles. The number of hydrogen-bond donors (Lipinski definition) is 1. The summed E-state index contributed by atoms with van der Waals surface area (Å²) in [7, 11) is 3.71. The Morgan fingerprint density at radius 2 is 2.00 bits per heavy atom. The first kappa shape index (κ1) is 16.1. The summed E-state index contributed by atoms with van der Waals surface area (Å²) in [5, 5.41) is 3.37. The number of methoxy groups -OCH3 is 1. The molecule has 0 amide bonds. The van der Waals surface area contributed by atoms with E-state index in [9.17, 15) is 4.39 Å². The van der Waals surface area contributed by atoms with Crippen LogP contribution in [0.2, 0.25) is 0 Å². The Morgan fingerprint density at radius 3 is 2.63 bits per heavy atom. The van der Waals surface area contributed by atoms with Gasteiger partial charge in [0.1, 0.15) is 5.82 Å². The summed E-state index contributed by atoms with van der Waals surface area (Å²) < 4.78 is 18.8. The van der Waals surface area contributed by atoms with Gasteiger partial charge in [0.15, 0.2) is 0 Å². The van der Waals surface area contributed by atoms with Gasteiger partial charge in [0.25, 0.3) is 0 Å². The van der Waals surface area contributed by atoms with Crippen LogP contribution in [0.5, 0.6) is 0 Å². The van der Waals surface area contributed by atoms with Crippen molar-refractivity contribution in [3.05, 3.63) is 35.6 Å². The molecule has 2 atom stereocenters. The molecule has 0 radical (unpaired) electrons. The molecule has 0 aliphatic rings. The van der Waals surface area contributed by atoms with Crippen molar-refractivity contribution in [3.8, 4) is 0 Å². The first-order valence-corrected chi connectivity index (χ1v) is 6.73. The third-order valence-corrected chi connectivity index (χ3v) is 3.39. The zero-order chi connectivity index (χ0) is 14.3. The van der Waals surface area contributed by atoms with Gasteiger partial charge in [-0.3, -0.25) is 4.90 Å². The van der Waals surface area contributed by atoms with Crippen molar-refractivity contribution in [2.45, 2.75) is 25.9 Å². The molecule has 0 spiro atoms. The van der Waals surface area contributed by atoms with Gasteiger partial charge in [-0.15, -0.1) is 0 Å². The lowest BCUT2D eigenvalue weighted by molar-refractivity contribution is 0.168. The molecule has 1 aromatic rings. The second-order valence-electron chi connectivity index (χ2n) is 4.99. The predicted molar refractivity (Wildman–Crippen MR) is 76.8 cm³/mol. The van der Waals surface area contributed by atoms with Crippen molar-refractivity contribution in [2.24, 2.45) is 0 Å². The topological polar surface area (TPSA) is 24.5 Å². The lowest BCUT2D eigenvalue weighted by atomic mass is 10.1. The normalized spacial score (nSPS) is 14.6. The van der Waals surface area contributed by atoms with Crippen molar-refractivity contribution in [1.29, 1.82) is 0 Å². The first-order chi connectivity index (χ1) is 9.06. The highest BCUT2D eigenvalue weighted by molar-refractivity contribution is 5.20. The average molecular weight is 268 g/mol. The molecule has 1 rings (SSSR count). The molecule has 108 valence electrons. The molecule has 0 fully saturated rings. The Morgan fingerprint density at radius 1 is 1.32 bits per heavy atom. The number of benzene rings is 1. The van der Waals surface area contributed by atoms with Gasteiger partial charge in [-0.25, -0.2) is 4.39 Å². The van der Waals surface area contributed by atoms with Gasteiger partial charge < -0.3 is 10.1 Å². The van der Waals surface area contributed by atoms with Crippen LogP contribution in [0.3, 0.4) is 0 Å². The van der Waals surface area contributed by atoms with Crippen LogP contribution in [-0.2, 0) is 4.74 Å². The highest BCUT2D eigenvalue weighted by Crippen LogP contribution is 2.20. The van der Waals surface area contributed by atoms with E-state index in [-0.39, 0.29) is 11.9 Å². The smallest absolute Gasteiger partial charge is 0.127 e. The predicted octanol–water partition coefficient (Wildman–Crippen LogP) is 2.44. The molecule has 0 saturated heterocycles. The molecule has 0 aliphatic carbocycles. The van der Waals surface area contributed by atoms with Crippen LogP contribution in [0.15, 0.2) is 24.3 Å². The molecule has 4 heteroatoms. The van der Waals surface area contributed by atoms with E-state index >= 15 is 0 Å². The van der Waals surface area contributed by atoms with Crippen molar-refractivity contribution in [3.63, 3.8) is 0 Å². The van der Waals surface area contributed by atoms with Crippen LogP contribution in [0.25, 0.3) is 0 Å². The van der Waals surface area contributed by atoms with Gasteiger partial charge in [0, 0.05) is 37.8 Å². The molecule has 0 aliphatic heterocycles. The largest absolute Gasteiger partial charge is 0.383 e. The fraction of sp³-hybridized carbons (Fsp3) is 0.600. The quantitative estimate of drug-likeness (QED) is 0.784. The van der Waals surface area contributed by atoms with Crippen LogP contribution >= 0.6 is 0 Å². The molecule has 19 heavy (non-hydrogen) atoms. The zero-order valence-electron chi connectivity index (χ0n) is 12.3. The molecule has 2 unspecified atom stereocenters. The molecule has 0 aromatic heterocycles. The Hall–Kier alpha value is -0.970. The van der Waals surface area contributed by atoms with Crippen LogP contribution < -0.4 is 5.32 Å². The van der Waals surface area contributed by atoms with E-state index in [1.165, 1.54) is 6.07 Å². The molecular weight excluding hydrogens is 243 g/mol. The highest BCUT2D eigenvalue weighted by atomic mass is 19.1. The Balaban J connectivity index is 2.41. The average Bonchev–Trinajstić information content (AvgIpc) is 2.38. The number of ether oxygens (including phenoxy) is 1. The molecule has 0 saturated carbocycles. The molecule has 1 N–H and O–H groups in total. The molecule has 3 nitrogen and oxygen atoms in total. The molecule has 0 bridgehead atoms. The Labute approximate surface area is 115 Å². The lowest BCUT2D eigenvalue weighted by Crippen LogP contribution is -2.37. The Kier molecular flexibility index (Phi) is 6.99. The Bertz CT molecular complexity index is 373. The third kappa shape index (κ3) is 5.27. The monoisotopic (exact) mass is 268 g/mol. The van der Waals surface area contributed by atoms with E-state index in [2.05, 4.69) is 17.1 Å². The van der Waals surface area contributed by atoms with Crippen LogP contribution in [0.1, 0.15) is 25.5 Å². The summed E-state index contributed by atoms with van der Waals surface area (Å²) in [4.78, 5) is 2.14. The summed E-state index contributed by atoms with van der Waals surface area (Å²) in [5.41, 5.74) is 0.745. The van der Waals surface area contributed by atoms with E-state index in [0.717, 1.165) is 18.7 Å². The fourth-order valence-corrected chi connectivity index (χ4v) is 2.04. The summed E-state index contributed by atoms with van der Waals surface area (Å²) in [6.07, 6.45) is 0. The van der Waals surface area contributed by atoms with E-state index in [0.29, 0.717) is 12.6 Å². The van der Waals surface area contributed by atoms with Crippen LogP contribution in [0.4, 0.5) is 4.39 Å². The lowest BCUT2D eigenvalue weighted by Gasteiger charge is -2.26. The van der Waals surface area contributed by atoms with E-state index in [1.807, 2.05) is 26.1 Å². The van der Waals surface area contributed by atoms with Gasteiger partial charge in [-0.05, 0) is 27.0 Å². The second-order valence-corrected chi connectivity index (χ2v) is 4.99. The maximum absolute atomic E-state index is 13.7. The van der Waals surface area contributed by atoms with Gasteiger partial charge >= 0.3 is 0 Å². The first-order valence-electron chi connectivity index (χ1n) is 6.73. The standard InChI is InChI=1S/C15H25FN2O/c1-12(11-19-4)17-9-10-18(3)13(2)14-7-5-6-8-15(14)16/h5-8,12-13,17H,9-11H2,1-4H3. The molecular formula is C15H25FN2O. The summed E-state index contributed by atoms with van der Waals surface area (Å²) in [5.74, 6) is -0.137. The van der Waals surface area contributed by atoms with E-state index in [4.69, 9.17) is 4.74 Å². The van der Waals surface area contributed by atoms with Crippen molar-refractivity contribution in [2.75, 3.05) is 33.9 Å². The second kappa shape index (κ2) is 8.25. The van der Waals surface area contributed by atoms with E-state index in [1.54, 1.807) is 13.2 Å². The van der Waals surface area contributed by atoms with Gasteiger partial charge in [-0.1, -0.05) is 18.2 Å². The third-order valence-electron chi connectivity index (χ3n) is 3.39. The number of likely N-dealkylation sites (N-methyl/N-ethyl adjacent to an activating group) is 1. The van der Waals surface area contributed by atoms with Gasteiger partial charge in [0.05, 0.1) is 6.61 Å². The highest BCUT2D eigenvalue weighted by Gasteiger charge is 2.14. The number of nitrogens with one attached hydrogen (secondary N) is 1. The van der Waals surface area contributed by atoms with Crippen LogP contribution in [0, 0.1) is 5.82 Å². The van der Waals surface area contributed by atoms with Crippen molar-refractivity contribution in [1.82, 2.24) is 10.2 Å². The number of rotatable bonds is 8. The SMILES string of the molecule is COCC(C)NCCN(C)C(C)c1ccccc1F. The minimum absolute atomic E-state index is 0.0701. The number of nitrogens with zero attached hydrogens (tertiary/aromatic N) is 1. The number of halogens is 1. The number of hydrogen-bond acceptors (Lipinski definition) is 3. The summed E-state index contributed by atoms with van der Waals surface area (Å²) in [6.45, 7) is 6.54. The van der Waals surface area contributed by atoms with Crippen LogP contribution in [-0.4, -0.2) is 44.8 Å². The summed E-state index contributed by atoms with van der Waals surface area (Å²) >= 11 is 0. The maximum atomic E-state index is 13.7. The maximum Gasteiger partial charge on any atom is 0.127 e. The fourth-order valence-electron chi connectivity index (χ4n) is 2.04. The van der Waals surface area contributed by atoms with Crippen molar-refractivity contribution >= 4 is 0 Å². The van der Waals surface area contributed by atoms with Gasteiger partial charge in [0.2, 0.25) is 0 Å². The minimum Gasteiger partial charge on any atom is -0.383 e. The van der Waals surface area contributed by atoms with Gasteiger partial charge in [-0.2, -0.15) is 0 Å². The summed E-state index contributed by atoms with van der Waals surface area (Å²) in [6, 6.07) is 7.36. The molecule has 0 heterocycles. The van der Waals surface area contributed by atoms with Crippen molar-refractivity contribution < 1.29 is 9.13 Å².